The highest BCUT2D eigenvalue weighted by molar-refractivity contribution is 8.00. The molecule has 6 heteroatoms. The minimum Gasteiger partial charge on any atom is -0.332 e. The van der Waals surface area contributed by atoms with E-state index in [1.165, 1.54) is 22.9 Å². The first-order valence-electron chi connectivity index (χ1n) is 10.7. The van der Waals surface area contributed by atoms with Gasteiger partial charge in [0.2, 0.25) is 5.91 Å². The van der Waals surface area contributed by atoms with Gasteiger partial charge in [-0.05, 0) is 32.4 Å². The van der Waals surface area contributed by atoms with Crippen LogP contribution in [0.1, 0.15) is 24.5 Å². The van der Waals surface area contributed by atoms with Crippen LogP contribution in [-0.4, -0.2) is 26.1 Å². The lowest BCUT2D eigenvalue weighted by atomic mass is 10.0. The molecule has 1 unspecified atom stereocenters. The Morgan fingerprint density at radius 3 is 2.22 bits per heavy atom. The lowest BCUT2D eigenvalue weighted by Crippen LogP contribution is -2.25. The van der Waals surface area contributed by atoms with Crippen molar-refractivity contribution >= 4 is 23.5 Å². The molecule has 0 saturated carbocycles. The predicted molar refractivity (Wildman–Crippen MR) is 132 cm³/mol. The number of carbonyl (C=O) groups excluding carboxylic acids is 1. The van der Waals surface area contributed by atoms with E-state index in [-0.39, 0.29) is 11.2 Å². The Bertz CT molecular complexity index is 1120. The average Bonchev–Trinajstić information content (AvgIpc) is 3.23. The standard InChI is InChI=1S/C26H26N4OS/c1-4-21(25(31)28-22-7-5-6-16-27-22)32-26-29-23(19-12-8-17(2)9-13-19)24(30-26)20-14-10-18(3)11-15-20/h5-16,21H,4H2,1-3H3,(H,29,30)(H,27,28,31). The number of hydrogen-bond donors (Lipinski definition) is 2. The van der Waals surface area contributed by atoms with Gasteiger partial charge in [-0.15, -0.1) is 0 Å². The number of H-pyrrole nitrogens is 1. The molecule has 2 aromatic heterocycles. The van der Waals surface area contributed by atoms with Crippen molar-refractivity contribution in [3.63, 3.8) is 0 Å². The monoisotopic (exact) mass is 442 g/mol. The highest BCUT2D eigenvalue weighted by Gasteiger charge is 2.22. The van der Waals surface area contributed by atoms with Gasteiger partial charge in [-0.2, -0.15) is 0 Å². The van der Waals surface area contributed by atoms with E-state index in [1.807, 2.05) is 19.1 Å². The third-order valence-electron chi connectivity index (χ3n) is 5.18. The first kappa shape index (κ1) is 21.8. The molecule has 0 spiro atoms. The van der Waals surface area contributed by atoms with Crippen molar-refractivity contribution in [1.82, 2.24) is 15.0 Å². The van der Waals surface area contributed by atoms with Crippen molar-refractivity contribution in [2.24, 2.45) is 0 Å². The highest BCUT2D eigenvalue weighted by Crippen LogP contribution is 2.35. The first-order valence-corrected chi connectivity index (χ1v) is 11.5. The fraction of sp³-hybridized carbons (Fsp3) is 0.192. The molecule has 4 aromatic rings. The van der Waals surface area contributed by atoms with Gasteiger partial charge in [-0.3, -0.25) is 4.79 Å². The predicted octanol–water partition coefficient (Wildman–Crippen LogP) is 6.26. The maximum atomic E-state index is 12.8. The van der Waals surface area contributed by atoms with Gasteiger partial charge in [-0.25, -0.2) is 9.97 Å². The molecule has 0 radical (unpaired) electrons. The number of nitrogens with zero attached hydrogens (tertiary/aromatic N) is 2. The van der Waals surface area contributed by atoms with E-state index in [0.29, 0.717) is 12.2 Å². The number of aryl methyl sites for hydroxylation is 2. The van der Waals surface area contributed by atoms with Crippen molar-refractivity contribution in [3.8, 4) is 22.5 Å². The van der Waals surface area contributed by atoms with Gasteiger partial charge >= 0.3 is 0 Å². The largest absolute Gasteiger partial charge is 0.332 e. The van der Waals surface area contributed by atoms with Gasteiger partial charge < -0.3 is 10.3 Å². The van der Waals surface area contributed by atoms with Crippen molar-refractivity contribution in [1.29, 1.82) is 0 Å². The molecule has 0 aliphatic rings. The summed E-state index contributed by atoms with van der Waals surface area (Å²) in [5.41, 5.74) is 6.36. The number of thioether (sulfide) groups is 1. The summed E-state index contributed by atoms with van der Waals surface area (Å²) >= 11 is 1.44. The zero-order chi connectivity index (χ0) is 22.5. The Balaban J connectivity index is 1.64. The average molecular weight is 443 g/mol. The van der Waals surface area contributed by atoms with E-state index >= 15 is 0 Å². The molecule has 0 saturated heterocycles. The van der Waals surface area contributed by atoms with Crippen LogP contribution in [0.25, 0.3) is 22.5 Å². The van der Waals surface area contributed by atoms with Crippen LogP contribution in [0.4, 0.5) is 5.82 Å². The second kappa shape index (κ2) is 9.83. The van der Waals surface area contributed by atoms with E-state index in [4.69, 9.17) is 4.98 Å². The molecule has 2 heterocycles. The smallest absolute Gasteiger partial charge is 0.239 e. The van der Waals surface area contributed by atoms with E-state index in [0.717, 1.165) is 27.7 Å². The number of nitrogens with one attached hydrogen (secondary N) is 2. The molecular weight excluding hydrogens is 416 g/mol. The van der Waals surface area contributed by atoms with Crippen LogP contribution in [0.5, 0.6) is 0 Å². The minimum atomic E-state index is -0.292. The highest BCUT2D eigenvalue weighted by atomic mass is 32.2. The quantitative estimate of drug-likeness (QED) is 0.331. The second-order valence-corrected chi connectivity index (χ2v) is 8.91. The third-order valence-corrected chi connectivity index (χ3v) is 6.43. The molecule has 0 fully saturated rings. The lowest BCUT2D eigenvalue weighted by molar-refractivity contribution is -0.115. The number of pyridine rings is 1. The number of aromatic amines is 1. The number of carbonyl (C=O) groups is 1. The number of imidazole rings is 1. The van der Waals surface area contributed by atoms with Gasteiger partial charge in [0.1, 0.15) is 5.82 Å². The van der Waals surface area contributed by atoms with Crippen LogP contribution in [-0.2, 0) is 4.79 Å². The first-order chi connectivity index (χ1) is 15.5. The summed E-state index contributed by atoms with van der Waals surface area (Å²) in [6.45, 7) is 6.15. The zero-order valence-electron chi connectivity index (χ0n) is 18.4. The summed E-state index contributed by atoms with van der Waals surface area (Å²) in [5.74, 6) is 0.470. The summed E-state index contributed by atoms with van der Waals surface area (Å²) in [7, 11) is 0. The fourth-order valence-corrected chi connectivity index (χ4v) is 4.26. The summed E-state index contributed by atoms with van der Waals surface area (Å²) in [5, 5.41) is 3.33. The molecule has 2 aromatic carbocycles. The van der Waals surface area contributed by atoms with Crippen LogP contribution in [0.2, 0.25) is 0 Å². The van der Waals surface area contributed by atoms with Gasteiger partial charge in [0, 0.05) is 17.3 Å². The number of benzene rings is 2. The van der Waals surface area contributed by atoms with Gasteiger partial charge in [0.15, 0.2) is 5.16 Å². The molecule has 4 rings (SSSR count). The number of amides is 1. The normalized spacial score (nSPS) is 11.8. The van der Waals surface area contributed by atoms with E-state index in [1.54, 1.807) is 12.3 Å². The van der Waals surface area contributed by atoms with Crippen molar-refractivity contribution < 1.29 is 4.79 Å². The summed E-state index contributed by atoms with van der Waals surface area (Å²) in [4.78, 5) is 25.4. The molecule has 0 aliphatic heterocycles. The van der Waals surface area contributed by atoms with Crippen molar-refractivity contribution in [2.75, 3.05) is 5.32 Å². The molecule has 162 valence electrons. The summed E-state index contributed by atoms with van der Waals surface area (Å²) < 4.78 is 0. The molecule has 0 bridgehead atoms. The Labute approximate surface area is 192 Å². The Morgan fingerprint density at radius 1 is 0.969 bits per heavy atom. The fourth-order valence-electron chi connectivity index (χ4n) is 3.36. The van der Waals surface area contributed by atoms with Crippen LogP contribution in [0.15, 0.2) is 78.1 Å². The van der Waals surface area contributed by atoms with Crippen molar-refractivity contribution in [2.45, 2.75) is 37.6 Å². The number of hydrogen-bond acceptors (Lipinski definition) is 4. The molecule has 1 atom stereocenters. The van der Waals surface area contributed by atoms with E-state index < -0.39 is 0 Å². The maximum Gasteiger partial charge on any atom is 0.239 e. The zero-order valence-corrected chi connectivity index (χ0v) is 19.2. The van der Waals surface area contributed by atoms with E-state index in [2.05, 4.69) is 77.7 Å². The lowest BCUT2D eigenvalue weighted by Gasteiger charge is -2.12. The van der Waals surface area contributed by atoms with Gasteiger partial charge in [0.05, 0.1) is 16.6 Å². The second-order valence-electron chi connectivity index (χ2n) is 7.72. The Morgan fingerprint density at radius 2 is 1.62 bits per heavy atom. The SMILES string of the molecule is CCC(Sc1nc(-c2ccc(C)cc2)c(-c2ccc(C)cc2)[nH]1)C(=O)Nc1ccccn1. The molecular formula is C26H26N4OS. The number of aromatic nitrogens is 3. The Kier molecular flexibility index (Phi) is 6.71. The summed E-state index contributed by atoms with van der Waals surface area (Å²) in [6.07, 6.45) is 2.34. The molecule has 0 aliphatic carbocycles. The van der Waals surface area contributed by atoms with E-state index in [9.17, 15) is 4.79 Å². The van der Waals surface area contributed by atoms with Gasteiger partial charge in [0.25, 0.3) is 0 Å². The maximum absolute atomic E-state index is 12.8. The summed E-state index contributed by atoms with van der Waals surface area (Å²) in [6, 6.07) is 22.2. The molecule has 1 amide bonds. The van der Waals surface area contributed by atoms with Crippen LogP contribution >= 0.6 is 11.8 Å². The van der Waals surface area contributed by atoms with Crippen LogP contribution in [0, 0.1) is 13.8 Å². The Hall–Kier alpha value is -3.38. The number of rotatable bonds is 7. The minimum absolute atomic E-state index is 0.0821. The van der Waals surface area contributed by atoms with Crippen LogP contribution in [0.3, 0.4) is 0 Å². The molecule has 5 nitrogen and oxygen atoms in total. The number of anilines is 1. The molecule has 2 N–H and O–H groups in total. The van der Waals surface area contributed by atoms with Crippen molar-refractivity contribution in [3.05, 3.63) is 84.1 Å². The van der Waals surface area contributed by atoms with Crippen LogP contribution < -0.4 is 5.32 Å². The molecule has 32 heavy (non-hydrogen) atoms. The third kappa shape index (κ3) is 5.08. The van der Waals surface area contributed by atoms with Gasteiger partial charge in [-0.1, -0.05) is 84.4 Å². The topological polar surface area (TPSA) is 70.7 Å².